The van der Waals surface area contributed by atoms with E-state index in [4.69, 9.17) is 0 Å². The fraction of sp³-hybridized carbons (Fsp3) is 0.444. The smallest absolute Gasteiger partial charge is 0.163 e. The van der Waals surface area contributed by atoms with Gasteiger partial charge in [0.05, 0.1) is 6.54 Å². The molecule has 2 aromatic rings. The van der Waals surface area contributed by atoms with Crippen molar-refractivity contribution in [2.75, 3.05) is 6.54 Å². The van der Waals surface area contributed by atoms with Crippen LogP contribution in [0.25, 0.3) is 5.65 Å². The molecule has 5 heteroatoms. The van der Waals surface area contributed by atoms with Crippen LogP contribution in [0, 0.1) is 0 Å². The molecule has 0 spiro atoms. The zero-order valence-corrected chi connectivity index (χ0v) is 8.14. The zero-order valence-electron chi connectivity index (χ0n) is 8.14. The van der Waals surface area contributed by atoms with Crippen LogP contribution in [-0.4, -0.2) is 26.1 Å². The molecule has 0 radical (unpaired) electrons. The van der Waals surface area contributed by atoms with E-state index in [0.29, 0.717) is 0 Å². The minimum absolute atomic E-state index is 0.737. The fourth-order valence-corrected chi connectivity index (χ4v) is 1.29. The van der Waals surface area contributed by atoms with Gasteiger partial charge in [-0.25, -0.2) is 4.98 Å². The molecule has 0 aliphatic heterocycles. The topological polar surface area (TPSA) is 55.1 Å². The molecule has 0 fully saturated rings. The Bertz CT molecular complexity index is 408. The van der Waals surface area contributed by atoms with E-state index in [0.717, 1.165) is 31.0 Å². The summed E-state index contributed by atoms with van der Waals surface area (Å²) in [5.74, 6) is 0.904. The summed E-state index contributed by atoms with van der Waals surface area (Å²) >= 11 is 0. The van der Waals surface area contributed by atoms with Crippen LogP contribution in [-0.2, 0) is 6.54 Å². The molecule has 2 heterocycles. The van der Waals surface area contributed by atoms with E-state index in [1.54, 1.807) is 12.5 Å². The molecule has 0 atom stereocenters. The third-order valence-electron chi connectivity index (χ3n) is 1.99. The summed E-state index contributed by atoms with van der Waals surface area (Å²) in [6.45, 7) is 3.87. The standard InChI is InChI=1S/C9H13N5/c1-2-4-10-6-9-13-12-8-3-5-11-7-14(8)9/h3,5,7,10H,2,4,6H2,1H3. The molecule has 0 unspecified atom stereocenters. The maximum absolute atomic E-state index is 4.08. The Balaban J connectivity index is 2.17. The van der Waals surface area contributed by atoms with Crippen LogP contribution >= 0.6 is 0 Å². The van der Waals surface area contributed by atoms with Gasteiger partial charge >= 0.3 is 0 Å². The highest BCUT2D eigenvalue weighted by atomic mass is 15.3. The molecule has 2 rings (SSSR count). The lowest BCUT2D eigenvalue weighted by atomic mass is 10.4. The summed E-state index contributed by atoms with van der Waals surface area (Å²) in [7, 11) is 0. The minimum atomic E-state index is 0.737. The van der Waals surface area contributed by atoms with Crippen LogP contribution in [0.15, 0.2) is 18.6 Å². The van der Waals surface area contributed by atoms with Gasteiger partial charge in [-0.3, -0.25) is 4.40 Å². The van der Waals surface area contributed by atoms with Crippen LogP contribution in [0.5, 0.6) is 0 Å². The quantitative estimate of drug-likeness (QED) is 0.720. The van der Waals surface area contributed by atoms with Gasteiger partial charge in [0.25, 0.3) is 0 Å². The molecule has 2 aromatic heterocycles. The van der Waals surface area contributed by atoms with Crippen LogP contribution in [0.4, 0.5) is 0 Å². The van der Waals surface area contributed by atoms with Crippen molar-refractivity contribution in [2.45, 2.75) is 19.9 Å². The largest absolute Gasteiger partial charge is 0.310 e. The van der Waals surface area contributed by atoms with E-state index in [1.807, 2.05) is 10.5 Å². The van der Waals surface area contributed by atoms with E-state index < -0.39 is 0 Å². The first-order chi connectivity index (χ1) is 6.92. The normalized spacial score (nSPS) is 10.9. The summed E-state index contributed by atoms with van der Waals surface area (Å²) in [4.78, 5) is 4.03. The van der Waals surface area contributed by atoms with Crippen molar-refractivity contribution in [3.8, 4) is 0 Å². The van der Waals surface area contributed by atoms with Gasteiger partial charge in [0, 0.05) is 12.3 Å². The number of hydrogen-bond donors (Lipinski definition) is 1. The second kappa shape index (κ2) is 4.15. The van der Waals surface area contributed by atoms with Gasteiger partial charge in [0.2, 0.25) is 0 Å². The number of fused-ring (bicyclic) bond motifs is 1. The van der Waals surface area contributed by atoms with Crippen LogP contribution in [0.2, 0.25) is 0 Å². The summed E-state index contributed by atoms with van der Waals surface area (Å²) in [5.41, 5.74) is 0.841. The lowest BCUT2D eigenvalue weighted by Gasteiger charge is -2.00. The predicted octanol–water partition coefficient (Wildman–Crippen LogP) is 0.624. The molecule has 0 amide bonds. The molecule has 1 N–H and O–H groups in total. The van der Waals surface area contributed by atoms with E-state index >= 15 is 0 Å². The van der Waals surface area contributed by atoms with E-state index in [1.165, 1.54) is 0 Å². The average Bonchev–Trinajstić information content (AvgIpc) is 2.63. The minimum Gasteiger partial charge on any atom is -0.310 e. The number of hydrogen-bond acceptors (Lipinski definition) is 4. The van der Waals surface area contributed by atoms with Crippen LogP contribution < -0.4 is 5.32 Å². The predicted molar refractivity (Wildman–Crippen MR) is 52.8 cm³/mol. The van der Waals surface area contributed by atoms with Gasteiger partial charge in [0.1, 0.15) is 6.33 Å². The van der Waals surface area contributed by atoms with E-state index in [2.05, 4.69) is 27.4 Å². The lowest BCUT2D eigenvalue weighted by Crippen LogP contribution is -2.16. The maximum Gasteiger partial charge on any atom is 0.163 e. The van der Waals surface area contributed by atoms with Gasteiger partial charge in [-0.05, 0) is 13.0 Å². The molecule has 0 saturated carbocycles. The molecule has 0 aromatic carbocycles. The first-order valence-electron chi connectivity index (χ1n) is 4.76. The summed E-state index contributed by atoms with van der Waals surface area (Å²) in [6.07, 6.45) is 4.57. The van der Waals surface area contributed by atoms with E-state index in [9.17, 15) is 0 Å². The molecule has 74 valence electrons. The molecule has 0 aliphatic carbocycles. The Kier molecular flexibility index (Phi) is 2.69. The zero-order chi connectivity index (χ0) is 9.80. The lowest BCUT2D eigenvalue weighted by molar-refractivity contribution is 0.644. The molecule has 0 aliphatic rings. The highest BCUT2D eigenvalue weighted by Crippen LogP contribution is 2.00. The van der Waals surface area contributed by atoms with Crippen LogP contribution in [0.3, 0.4) is 0 Å². The number of rotatable bonds is 4. The fourth-order valence-electron chi connectivity index (χ4n) is 1.29. The third-order valence-corrected chi connectivity index (χ3v) is 1.99. The Labute approximate surface area is 82.2 Å². The van der Waals surface area contributed by atoms with Crippen molar-refractivity contribution in [1.82, 2.24) is 24.9 Å². The molecular weight excluding hydrogens is 178 g/mol. The summed E-state index contributed by atoms with van der Waals surface area (Å²) < 4.78 is 1.89. The van der Waals surface area contributed by atoms with Crippen molar-refractivity contribution in [3.63, 3.8) is 0 Å². The Morgan fingerprint density at radius 1 is 1.43 bits per heavy atom. The Morgan fingerprint density at radius 2 is 2.36 bits per heavy atom. The monoisotopic (exact) mass is 191 g/mol. The number of aromatic nitrogens is 4. The second-order valence-electron chi connectivity index (χ2n) is 3.10. The first kappa shape index (κ1) is 9.08. The van der Waals surface area contributed by atoms with Gasteiger partial charge in [-0.15, -0.1) is 10.2 Å². The molecule has 0 bridgehead atoms. The number of nitrogens with zero attached hydrogens (tertiary/aromatic N) is 4. The summed E-state index contributed by atoms with van der Waals surface area (Å²) in [5, 5.41) is 11.4. The molecule has 14 heavy (non-hydrogen) atoms. The van der Waals surface area contributed by atoms with Crippen molar-refractivity contribution in [3.05, 3.63) is 24.4 Å². The SMILES string of the molecule is CCCNCc1nnc2ccncn12. The second-order valence-corrected chi connectivity index (χ2v) is 3.10. The highest BCUT2D eigenvalue weighted by molar-refractivity contribution is 5.35. The van der Waals surface area contributed by atoms with Crippen molar-refractivity contribution in [1.29, 1.82) is 0 Å². The summed E-state index contributed by atoms with van der Waals surface area (Å²) in [6, 6.07) is 1.84. The van der Waals surface area contributed by atoms with Gasteiger partial charge < -0.3 is 5.32 Å². The van der Waals surface area contributed by atoms with Gasteiger partial charge in [-0.2, -0.15) is 0 Å². The van der Waals surface area contributed by atoms with Crippen molar-refractivity contribution >= 4 is 5.65 Å². The van der Waals surface area contributed by atoms with Crippen molar-refractivity contribution in [2.24, 2.45) is 0 Å². The van der Waals surface area contributed by atoms with Gasteiger partial charge in [0.15, 0.2) is 11.5 Å². The third kappa shape index (κ3) is 1.72. The first-order valence-corrected chi connectivity index (χ1v) is 4.76. The highest BCUT2D eigenvalue weighted by Gasteiger charge is 2.02. The average molecular weight is 191 g/mol. The Morgan fingerprint density at radius 3 is 3.21 bits per heavy atom. The van der Waals surface area contributed by atoms with E-state index in [-0.39, 0.29) is 0 Å². The van der Waals surface area contributed by atoms with Crippen LogP contribution in [0.1, 0.15) is 19.2 Å². The molecular formula is C9H13N5. The Hall–Kier alpha value is -1.49. The number of nitrogens with one attached hydrogen (secondary N) is 1. The molecule has 5 nitrogen and oxygen atoms in total. The maximum atomic E-state index is 4.08. The molecule has 0 saturated heterocycles. The van der Waals surface area contributed by atoms with Crippen molar-refractivity contribution < 1.29 is 0 Å². The van der Waals surface area contributed by atoms with Gasteiger partial charge in [-0.1, -0.05) is 6.92 Å².